The van der Waals surface area contributed by atoms with Crippen molar-refractivity contribution in [2.45, 2.75) is 18.5 Å². The van der Waals surface area contributed by atoms with Gasteiger partial charge in [0.2, 0.25) is 0 Å². The Labute approximate surface area is 115 Å². The molecule has 4 nitrogen and oxygen atoms in total. The second-order valence-electron chi connectivity index (χ2n) is 4.47. The molecule has 2 aromatic rings. The van der Waals surface area contributed by atoms with Crippen LogP contribution in [0.4, 0.5) is 4.39 Å². The molecule has 1 fully saturated rings. The lowest BCUT2D eigenvalue weighted by Gasteiger charge is -2.24. The molecule has 1 atom stereocenters. The molecule has 19 heavy (non-hydrogen) atoms. The summed E-state index contributed by atoms with van der Waals surface area (Å²) in [5.41, 5.74) is 1.48. The third-order valence-corrected chi connectivity index (χ3v) is 3.42. The molecule has 0 N–H and O–H groups in total. The molecule has 3 rings (SSSR count). The van der Waals surface area contributed by atoms with Crippen molar-refractivity contribution in [3.05, 3.63) is 29.8 Å². The van der Waals surface area contributed by atoms with Crippen molar-refractivity contribution < 1.29 is 13.9 Å². The first kappa shape index (κ1) is 12.8. The number of benzene rings is 1. The number of halogens is 2. The smallest absolute Gasteiger partial charge is 0.125 e. The fourth-order valence-electron chi connectivity index (χ4n) is 2.30. The molecule has 0 amide bonds. The summed E-state index contributed by atoms with van der Waals surface area (Å²) in [6.07, 6.45) is -0.0450. The van der Waals surface area contributed by atoms with Crippen molar-refractivity contribution in [1.82, 2.24) is 9.55 Å². The summed E-state index contributed by atoms with van der Waals surface area (Å²) in [5, 5.41) is 0. The number of hydrogen-bond acceptors (Lipinski definition) is 3. The number of hydrogen-bond donors (Lipinski definition) is 0. The van der Waals surface area contributed by atoms with Crippen LogP contribution >= 0.6 is 11.6 Å². The van der Waals surface area contributed by atoms with Crippen LogP contribution in [0.25, 0.3) is 11.0 Å². The van der Waals surface area contributed by atoms with Gasteiger partial charge >= 0.3 is 0 Å². The molecule has 1 aromatic heterocycles. The fourth-order valence-corrected chi connectivity index (χ4v) is 2.50. The molecule has 0 saturated carbocycles. The SMILES string of the molecule is Fc1ccc2nc(CCl)n(CC3COCCO3)c2c1. The molecule has 0 radical (unpaired) electrons. The van der Waals surface area contributed by atoms with Crippen LogP contribution in [0.2, 0.25) is 0 Å². The van der Waals surface area contributed by atoms with Crippen molar-refractivity contribution in [3.8, 4) is 0 Å². The quantitative estimate of drug-likeness (QED) is 0.812. The van der Waals surface area contributed by atoms with Gasteiger partial charge in [0.1, 0.15) is 11.6 Å². The third kappa shape index (κ3) is 2.59. The molecular formula is C13H14ClFN2O2. The van der Waals surface area contributed by atoms with Crippen molar-refractivity contribution in [1.29, 1.82) is 0 Å². The average molecular weight is 285 g/mol. The highest BCUT2D eigenvalue weighted by atomic mass is 35.5. The molecule has 1 aliphatic rings. The maximum Gasteiger partial charge on any atom is 0.125 e. The average Bonchev–Trinajstić information content (AvgIpc) is 2.78. The molecule has 0 bridgehead atoms. The van der Waals surface area contributed by atoms with E-state index in [1.165, 1.54) is 12.1 Å². The number of fused-ring (bicyclic) bond motifs is 1. The topological polar surface area (TPSA) is 36.3 Å². The molecule has 6 heteroatoms. The van der Waals surface area contributed by atoms with E-state index in [1.807, 2.05) is 4.57 Å². The Kier molecular flexibility index (Phi) is 3.68. The van der Waals surface area contributed by atoms with E-state index in [4.69, 9.17) is 21.1 Å². The van der Waals surface area contributed by atoms with Crippen LogP contribution in [0, 0.1) is 5.82 Å². The van der Waals surface area contributed by atoms with Gasteiger partial charge in [-0.2, -0.15) is 0 Å². The molecule has 1 saturated heterocycles. The van der Waals surface area contributed by atoms with Crippen LogP contribution in [-0.2, 0) is 21.9 Å². The molecule has 2 heterocycles. The Morgan fingerprint density at radius 1 is 1.42 bits per heavy atom. The van der Waals surface area contributed by atoms with Gasteiger partial charge in [0.25, 0.3) is 0 Å². The zero-order chi connectivity index (χ0) is 13.2. The molecule has 1 unspecified atom stereocenters. The van der Waals surface area contributed by atoms with Crippen LogP contribution in [0.5, 0.6) is 0 Å². The first-order valence-electron chi connectivity index (χ1n) is 6.18. The van der Waals surface area contributed by atoms with Crippen LogP contribution in [0.1, 0.15) is 5.82 Å². The van der Waals surface area contributed by atoms with Crippen LogP contribution < -0.4 is 0 Å². The maximum absolute atomic E-state index is 13.4. The zero-order valence-electron chi connectivity index (χ0n) is 10.3. The predicted octanol–water partition coefficient (Wildman–Crippen LogP) is 2.33. The summed E-state index contributed by atoms with van der Waals surface area (Å²) in [4.78, 5) is 4.41. The Morgan fingerprint density at radius 2 is 2.32 bits per heavy atom. The number of alkyl halides is 1. The van der Waals surface area contributed by atoms with Crippen LogP contribution in [0.15, 0.2) is 18.2 Å². The Balaban J connectivity index is 1.97. The third-order valence-electron chi connectivity index (χ3n) is 3.18. The van der Waals surface area contributed by atoms with Crippen molar-refractivity contribution >= 4 is 22.6 Å². The number of ether oxygens (including phenoxy) is 2. The predicted molar refractivity (Wildman–Crippen MR) is 69.8 cm³/mol. The van der Waals surface area contributed by atoms with E-state index in [9.17, 15) is 4.39 Å². The van der Waals surface area contributed by atoms with Gasteiger partial charge in [0.15, 0.2) is 0 Å². The molecule has 1 aromatic carbocycles. The van der Waals surface area contributed by atoms with Gasteiger partial charge in [-0.1, -0.05) is 0 Å². The van der Waals surface area contributed by atoms with E-state index in [-0.39, 0.29) is 17.8 Å². The van der Waals surface area contributed by atoms with Gasteiger partial charge < -0.3 is 14.0 Å². The van der Waals surface area contributed by atoms with Crippen LogP contribution in [-0.4, -0.2) is 35.5 Å². The highest BCUT2D eigenvalue weighted by Crippen LogP contribution is 2.20. The van der Waals surface area contributed by atoms with Gasteiger partial charge in [0.05, 0.1) is 49.4 Å². The van der Waals surface area contributed by atoms with E-state index >= 15 is 0 Å². The molecule has 0 aliphatic carbocycles. The summed E-state index contributed by atoms with van der Waals surface area (Å²) < 4.78 is 26.3. The van der Waals surface area contributed by atoms with Crippen molar-refractivity contribution in [3.63, 3.8) is 0 Å². The van der Waals surface area contributed by atoms with Crippen molar-refractivity contribution in [2.75, 3.05) is 19.8 Å². The minimum absolute atomic E-state index is 0.0450. The van der Waals surface area contributed by atoms with Gasteiger partial charge in [-0.25, -0.2) is 9.37 Å². The number of rotatable bonds is 3. The number of aromatic nitrogens is 2. The largest absolute Gasteiger partial charge is 0.376 e. The zero-order valence-corrected chi connectivity index (χ0v) is 11.1. The Bertz CT molecular complexity index is 581. The van der Waals surface area contributed by atoms with E-state index in [0.717, 1.165) is 16.9 Å². The highest BCUT2D eigenvalue weighted by Gasteiger charge is 2.19. The van der Waals surface area contributed by atoms with Crippen LogP contribution in [0.3, 0.4) is 0 Å². The Morgan fingerprint density at radius 3 is 3.05 bits per heavy atom. The molecule has 1 aliphatic heterocycles. The summed E-state index contributed by atoms with van der Waals surface area (Å²) in [7, 11) is 0. The minimum atomic E-state index is -0.282. The molecule has 102 valence electrons. The molecular weight excluding hydrogens is 271 g/mol. The van der Waals surface area contributed by atoms with Gasteiger partial charge in [-0.05, 0) is 18.2 Å². The summed E-state index contributed by atoms with van der Waals surface area (Å²) in [6, 6.07) is 4.54. The normalized spacial score (nSPS) is 20.0. The summed E-state index contributed by atoms with van der Waals surface area (Å²) in [6.45, 7) is 2.32. The standard InChI is InChI=1S/C13H14ClFN2O2/c14-6-13-16-11-2-1-9(15)5-12(11)17(13)7-10-8-18-3-4-19-10/h1-2,5,10H,3-4,6-8H2. The van der Waals surface area contributed by atoms with E-state index in [1.54, 1.807) is 6.07 Å². The van der Waals surface area contributed by atoms with Gasteiger partial charge in [0, 0.05) is 0 Å². The lowest BCUT2D eigenvalue weighted by atomic mass is 10.3. The lowest BCUT2D eigenvalue weighted by molar-refractivity contribution is -0.0934. The summed E-state index contributed by atoms with van der Waals surface area (Å²) in [5.74, 6) is 0.719. The fraction of sp³-hybridized carbons (Fsp3) is 0.462. The second kappa shape index (κ2) is 5.45. The van der Waals surface area contributed by atoms with E-state index in [0.29, 0.717) is 26.4 Å². The lowest BCUT2D eigenvalue weighted by Crippen LogP contribution is -2.32. The monoisotopic (exact) mass is 284 g/mol. The maximum atomic E-state index is 13.4. The first-order chi connectivity index (χ1) is 9.28. The minimum Gasteiger partial charge on any atom is -0.376 e. The Hall–Kier alpha value is -1.17. The number of imidazole rings is 1. The van der Waals surface area contributed by atoms with Gasteiger partial charge in [-0.15, -0.1) is 11.6 Å². The first-order valence-corrected chi connectivity index (χ1v) is 6.71. The van der Waals surface area contributed by atoms with Gasteiger partial charge in [-0.3, -0.25) is 0 Å². The number of nitrogens with zero attached hydrogens (tertiary/aromatic N) is 2. The summed E-state index contributed by atoms with van der Waals surface area (Å²) >= 11 is 5.91. The van der Waals surface area contributed by atoms with E-state index in [2.05, 4.69) is 4.98 Å². The second-order valence-corrected chi connectivity index (χ2v) is 4.74. The van der Waals surface area contributed by atoms with E-state index < -0.39 is 0 Å². The molecule has 0 spiro atoms. The highest BCUT2D eigenvalue weighted by molar-refractivity contribution is 6.16. The van der Waals surface area contributed by atoms with Crippen molar-refractivity contribution in [2.24, 2.45) is 0 Å².